The summed E-state index contributed by atoms with van der Waals surface area (Å²) in [5.41, 5.74) is 1.50. The van der Waals surface area contributed by atoms with Gasteiger partial charge in [0.05, 0.1) is 22.4 Å². The third-order valence-electron chi connectivity index (χ3n) is 4.61. The molecular weight excluding hydrogens is 481 g/mol. The second-order valence-corrected chi connectivity index (χ2v) is 8.85. The number of rotatable bonds is 7. The zero-order chi connectivity index (χ0) is 25.6. The molecule has 0 atom stereocenters. The van der Waals surface area contributed by atoms with Crippen molar-refractivity contribution in [2.75, 3.05) is 7.05 Å². The van der Waals surface area contributed by atoms with Crippen LogP contribution >= 0.6 is 0 Å². The summed E-state index contributed by atoms with van der Waals surface area (Å²) < 4.78 is 47.2. The quantitative estimate of drug-likeness (QED) is 0.256. The number of aliphatic carboxylic acids is 2. The SMILES string of the molecule is CNCc1cc(-c2cccnc2F)n(S(=O)(=O)c2ccc3ccoc3c2)c1.O=C(O)/C=C/C(=O)O. The first kappa shape index (κ1) is 25.3. The van der Waals surface area contributed by atoms with Gasteiger partial charge in [-0.1, -0.05) is 0 Å². The number of nitrogens with one attached hydrogen (secondary N) is 1. The highest BCUT2D eigenvalue weighted by Gasteiger charge is 2.24. The van der Waals surface area contributed by atoms with Gasteiger partial charge in [0.2, 0.25) is 5.95 Å². The van der Waals surface area contributed by atoms with Crippen LogP contribution in [0.4, 0.5) is 4.39 Å². The lowest BCUT2D eigenvalue weighted by molar-refractivity contribution is -0.134. The second kappa shape index (κ2) is 10.8. The third-order valence-corrected chi connectivity index (χ3v) is 6.28. The molecule has 182 valence electrons. The summed E-state index contributed by atoms with van der Waals surface area (Å²) in [5, 5.41) is 19.4. The Morgan fingerprint density at radius 2 is 1.86 bits per heavy atom. The van der Waals surface area contributed by atoms with Gasteiger partial charge < -0.3 is 19.9 Å². The Kier molecular flexibility index (Phi) is 7.79. The van der Waals surface area contributed by atoms with Crippen molar-refractivity contribution in [2.45, 2.75) is 11.4 Å². The van der Waals surface area contributed by atoms with Gasteiger partial charge in [0.1, 0.15) is 5.58 Å². The number of benzene rings is 1. The van der Waals surface area contributed by atoms with Crippen molar-refractivity contribution in [1.29, 1.82) is 0 Å². The van der Waals surface area contributed by atoms with Crippen molar-refractivity contribution in [3.05, 3.63) is 84.8 Å². The van der Waals surface area contributed by atoms with Crippen LogP contribution in [-0.2, 0) is 26.2 Å². The van der Waals surface area contributed by atoms with Gasteiger partial charge in [-0.3, -0.25) is 0 Å². The molecule has 3 aromatic heterocycles. The average molecular weight is 501 g/mol. The topological polar surface area (TPSA) is 152 Å². The van der Waals surface area contributed by atoms with E-state index in [-0.39, 0.29) is 16.2 Å². The fourth-order valence-corrected chi connectivity index (χ4v) is 4.53. The summed E-state index contributed by atoms with van der Waals surface area (Å²) in [6, 6.07) is 11.1. The van der Waals surface area contributed by atoms with Gasteiger partial charge in [-0.25, -0.2) is 27.0 Å². The molecule has 1 aromatic carbocycles. The molecule has 3 heterocycles. The molecule has 0 saturated carbocycles. The van der Waals surface area contributed by atoms with Crippen LogP contribution in [0.5, 0.6) is 0 Å². The van der Waals surface area contributed by atoms with Crippen molar-refractivity contribution in [1.82, 2.24) is 14.3 Å². The van der Waals surface area contributed by atoms with E-state index in [1.807, 2.05) is 0 Å². The van der Waals surface area contributed by atoms with Crippen molar-refractivity contribution in [2.24, 2.45) is 0 Å². The number of carbonyl (C=O) groups is 2. The minimum atomic E-state index is -3.97. The summed E-state index contributed by atoms with van der Waals surface area (Å²) >= 11 is 0. The largest absolute Gasteiger partial charge is 0.478 e. The maximum absolute atomic E-state index is 14.3. The standard InChI is InChI=1S/C19H16FN3O3S.C4H4O4/c1-21-11-13-9-17(16-3-2-7-22-19(16)20)23(12-13)27(24,25)15-5-4-14-6-8-26-18(14)10-15;5-3(6)1-2-4(7)8/h2-10,12,21H,11H2,1H3;1-2H,(H,5,6)(H,7,8)/b;2-1+. The van der Waals surface area contributed by atoms with Crippen LogP contribution in [0, 0.1) is 5.95 Å². The fourth-order valence-electron chi connectivity index (χ4n) is 3.12. The number of carboxylic acids is 2. The molecule has 0 spiro atoms. The van der Waals surface area contributed by atoms with Gasteiger partial charge in [0, 0.05) is 42.5 Å². The minimum Gasteiger partial charge on any atom is -0.478 e. The summed E-state index contributed by atoms with van der Waals surface area (Å²) in [7, 11) is -2.22. The van der Waals surface area contributed by atoms with E-state index in [4.69, 9.17) is 14.6 Å². The van der Waals surface area contributed by atoms with Gasteiger partial charge in [-0.2, -0.15) is 4.39 Å². The van der Waals surface area contributed by atoms with E-state index in [9.17, 15) is 22.4 Å². The highest BCUT2D eigenvalue weighted by atomic mass is 32.2. The maximum atomic E-state index is 14.3. The van der Waals surface area contributed by atoms with Crippen molar-refractivity contribution >= 4 is 32.9 Å². The van der Waals surface area contributed by atoms with Gasteiger partial charge in [0.25, 0.3) is 10.0 Å². The Morgan fingerprint density at radius 3 is 2.49 bits per heavy atom. The predicted molar refractivity (Wildman–Crippen MR) is 124 cm³/mol. The summed E-state index contributed by atoms with van der Waals surface area (Å²) in [6.07, 6.45) is 5.42. The van der Waals surface area contributed by atoms with Crippen molar-refractivity contribution < 1.29 is 37.0 Å². The van der Waals surface area contributed by atoms with E-state index >= 15 is 0 Å². The van der Waals surface area contributed by atoms with Crippen LogP contribution in [0.1, 0.15) is 5.56 Å². The molecule has 4 aromatic rings. The summed E-state index contributed by atoms with van der Waals surface area (Å²) in [4.78, 5) is 22.8. The average Bonchev–Trinajstić information content (AvgIpc) is 3.45. The summed E-state index contributed by atoms with van der Waals surface area (Å²) in [5.74, 6) is -3.25. The number of pyridine rings is 1. The van der Waals surface area contributed by atoms with Crippen molar-refractivity contribution in [3.63, 3.8) is 0 Å². The fraction of sp³-hybridized carbons (Fsp3) is 0.0870. The Bertz CT molecular complexity index is 1490. The zero-order valence-corrected chi connectivity index (χ0v) is 19.1. The number of carboxylic acid groups (broad SMARTS) is 2. The molecule has 0 bridgehead atoms. The number of fused-ring (bicyclic) bond motifs is 1. The number of halogens is 1. The molecule has 0 fully saturated rings. The van der Waals surface area contributed by atoms with E-state index in [2.05, 4.69) is 10.3 Å². The monoisotopic (exact) mass is 501 g/mol. The molecule has 0 amide bonds. The molecule has 0 radical (unpaired) electrons. The molecule has 0 aliphatic rings. The van der Waals surface area contributed by atoms with Gasteiger partial charge in [-0.05, 0) is 49.0 Å². The number of aromatic nitrogens is 2. The molecule has 35 heavy (non-hydrogen) atoms. The lowest BCUT2D eigenvalue weighted by atomic mass is 10.2. The summed E-state index contributed by atoms with van der Waals surface area (Å²) in [6.45, 7) is 0.439. The zero-order valence-electron chi connectivity index (χ0n) is 18.3. The molecule has 12 heteroatoms. The number of hydrogen-bond donors (Lipinski definition) is 3. The van der Waals surface area contributed by atoms with Crippen LogP contribution in [0.2, 0.25) is 0 Å². The highest BCUT2D eigenvalue weighted by molar-refractivity contribution is 7.90. The number of nitrogens with zero attached hydrogens (tertiary/aromatic N) is 2. The highest BCUT2D eigenvalue weighted by Crippen LogP contribution is 2.29. The Labute approximate surface area is 199 Å². The molecule has 4 rings (SSSR count). The normalized spacial score (nSPS) is 11.4. The van der Waals surface area contributed by atoms with E-state index in [0.29, 0.717) is 29.8 Å². The molecular formula is C23H20FN3O7S. The Morgan fingerprint density at radius 1 is 1.14 bits per heavy atom. The maximum Gasteiger partial charge on any atom is 0.328 e. The van der Waals surface area contributed by atoms with Crippen LogP contribution < -0.4 is 5.32 Å². The van der Waals surface area contributed by atoms with Crippen LogP contribution in [0.25, 0.3) is 22.2 Å². The van der Waals surface area contributed by atoms with Crippen LogP contribution in [0.15, 0.2) is 82.6 Å². The lowest BCUT2D eigenvalue weighted by Crippen LogP contribution is -2.14. The Hall–Kier alpha value is -4.29. The van der Waals surface area contributed by atoms with Crippen LogP contribution in [-0.4, -0.2) is 46.6 Å². The first-order valence-corrected chi connectivity index (χ1v) is 11.4. The molecule has 0 aliphatic carbocycles. The van der Waals surface area contributed by atoms with E-state index in [1.54, 1.807) is 31.3 Å². The molecule has 0 saturated heterocycles. The second-order valence-electron chi connectivity index (χ2n) is 7.04. The molecule has 3 N–H and O–H groups in total. The van der Waals surface area contributed by atoms with E-state index in [1.165, 1.54) is 36.9 Å². The number of furan rings is 1. The Balaban J connectivity index is 0.000000371. The van der Waals surface area contributed by atoms with Crippen molar-refractivity contribution in [3.8, 4) is 11.3 Å². The van der Waals surface area contributed by atoms with Gasteiger partial charge >= 0.3 is 11.9 Å². The van der Waals surface area contributed by atoms with E-state index < -0.39 is 27.9 Å². The van der Waals surface area contributed by atoms with Gasteiger partial charge in [0.15, 0.2) is 0 Å². The minimum absolute atomic E-state index is 0.0575. The molecule has 10 nitrogen and oxygen atoms in total. The molecule has 0 aliphatic heterocycles. The predicted octanol–water partition coefficient (Wildman–Crippen LogP) is 3.10. The third kappa shape index (κ3) is 5.99. The van der Waals surface area contributed by atoms with E-state index in [0.717, 1.165) is 9.36 Å². The smallest absolute Gasteiger partial charge is 0.328 e. The van der Waals surface area contributed by atoms with Gasteiger partial charge in [-0.15, -0.1) is 0 Å². The van der Waals surface area contributed by atoms with Crippen LogP contribution in [0.3, 0.4) is 0 Å². The molecule has 0 unspecified atom stereocenters. The first-order valence-electron chi connectivity index (χ1n) is 9.97. The number of hydrogen-bond acceptors (Lipinski definition) is 7. The first-order chi connectivity index (χ1) is 16.6. The lowest BCUT2D eigenvalue weighted by Gasteiger charge is -2.11.